The third-order valence-electron chi connectivity index (χ3n) is 4.41. The molecule has 2 aliphatic rings. The van der Waals surface area contributed by atoms with Gasteiger partial charge in [0.15, 0.2) is 0 Å². The molecule has 2 rings (SSSR count). The predicted molar refractivity (Wildman–Crippen MR) is 74.9 cm³/mol. The summed E-state index contributed by atoms with van der Waals surface area (Å²) in [7, 11) is -3.46. The number of hydrogen-bond acceptors (Lipinski definition) is 3. The van der Waals surface area contributed by atoms with Crippen molar-refractivity contribution in [1.29, 1.82) is 0 Å². The van der Waals surface area contributed by atoms with Crippen molar-refractivity contribution in [2.75, 3.05) is 5.75 Å². The average molecular weight is 285 g/mol. The van der Waals surface area contributed by atoms with Crippen LogP contribution in [0.15, 0.2) is 12.2 Å². The van der Waals surface area contributed by atoms with Gasteiger partial charge in [-0.25, -0.2) is 8.42 Å². The molecule has 19 heavy (non-hydrogen) atoms. The van der Waals surface area contributed by atoms with Crippen LogP contribution in [0.1, 0.15) is 46.0 Å². The molecule has 108 valence electrons. The van der Waals surface area contributed by atoms with E-state index >= 15 is 0 Å². The van der Waals surface area contributed by atoms with Crippen LogP contribution in [0.2, 0.25) is 0 Å². The second-order valence-electron chi connectivity index (χ2n) is 6.03. The molecule has 4 nitrogen and oxygen atoms in total. The fraction of sp³-hybridized carbons (Fsp3) is 0.786. The predicted octanol–water partition coefficient (Wildman–Crippen LogP) is 2.22. The fourth-order valence-corrected chi connectivity index (χ4v) is 4.17. The molecule has 0 spiro atoms. The van der Waals surface area contributed by atoms with Crippen molar-refractivity contribution >= 4 is 15.9 Å². The molecule has 1 saturated carbocycles. The Bertz CT molecular complexity index is 481. The van der Waals surface area contributed by atoms with Crippen LogP contribution in [-0.2, 0) is 14.8 Å². The first-order valence-corrected chi connectivity index (χ1v) is 8.75. The first kappa shape index (κ1) is 14.6. The number of sulfonamides is 1. The molecule has 0 aromatic carbocycles. The summed E-state index contributed by atoms with van der Waals surface area (Å²) in [6.45, 7) is 3.98. The number of rotatable bonds is 1. The van der Waals surface area contributed by atoms with Crippen molar-refractivity contribution in [1.82, 2.24) is 4.72 Å². The van der Waals surface area contributed by atoms with E-state index in [9.17, 15) is 13.2 Å². The van der Waals surface area contributed by atoms with Gasteiger partial charge in [-0.3, -0.25) is 9.52 Å². The highest BCUT2D eigenvalue weighted by Gasteiger charge is 2.60. The lowest BCUT2D eigenvalue weighted by molar-refractivity contribution is -0.126. The van der Waals surface area contributed by atoms with Gasteiger partial charge in [0, 0.05) is 0 Å². The van der Waals surface area contributed by atoms with Crippen LogP contribution in [0, 0.1) is 17.3 Å². The molecule has 1 amide bonds. The molecule has 1 aliphatic carbocycles. The minimum Gasteiger partial charge on any atom is -0.273 e. The van der Waals surface area contributed by atoms with E-state index in [0.717, 1.165) is 25.7 Å². The van der Waals surface area contributed by atoms with E-state index in [-0.39, 0.29) is 23.5 Å². The summed E-state index contributed by atoms with van der Waals surface area (Å²) < 4.78 is 26.0. The average Bonchev–Trinajstić information content (AvgIpc) is 3.01. The first-order valence-electron chi connectivity index (χ1n) is 7.10. The molecule has 0 bridgehead atoms. The largest absolute Gasteiger partial charge is 0.273 e. The maximum atomic E-state index is 12.3. The van der Waals surface area contributed by atoms with Crippen molar-refractivity contribution in [2.45, 2.75) is 46.0 Å². The Kier molecular flexibility index (Phi) is 4.04. The zero-order valence-corrected chi connectivity index (χ0v) is 12.5. The minimum absolute atomic E-state index is 0.0568. The van der Waals surface area contributed by atoms with Crippen LogP contribution in [0.4, 0.5) is 0 Å². The maximum absolute atomic E-state index is 12.3. The molecule has 0 aromatic heterocycles. The highest BCUT2D eigenvalue weighted by atomic mass is 32.2. The van der Waals surface area contributed by atoms with Gasteiger partial charge in [0.1, 0.15) is 0 Å². The van der Waals surface area contributed by atoms with Gasteiger partial charge in [0.05, 0.1) is 11.2 Å². The molecule has 0 aromatic rings. The molecule has 2 atom stereocenters. The van der Waals surface area contributed by atoms with Crippen molar-refractivity contribution in [3.63, 3.8) is 0 Å². The van der Waals surface area contributed by atoms with E-state index in [2.05, 4.69) is 16.9 Å². The normalized spacial score (nSPS) is 36.6. The third kappa shape index (κ3) is 3.02. The lowest BCUT2D eigenvalue weighted by Gasteiger charge is -2.20. The lowest BCUT2D eigenvalue weighted by Crippen LogP contribution is -2.41. The van der Waals surface area contributed by atoms with E-state index in [0.29, 0.717) is 6.42 Å². The monoisotopic (exact) mass is 285 g/mol. The number of carbonyl (C=O) groups is 1. The van der Waals surface area contributed by atoms with E-state index in [1.54, 1.807) is 0 Å². The number of hydrogen-bond donors (Lipinski definition) is 1. The Morgan fingerprint density at radius 2 is 2.05 bits per heavy atom. The number of carbonyl (C=O) groups excluding carboxylic acids is 1. The quantitative estimate of drug-likeness (QED) is 0.751. The highest BCUT2D eigenvalue weighted by molar-refractivity contribution is 7.90. The Morgan fingerprint density at radius 3 is 2.74 bits per heavy atom. The molecule has 1 heterocycles. The molecule has 0 saturated heterocycles. The Labute approximate surface area is 115 Å². The summed E-state index contributed by atoms with van der Waals surface area (Å²) in [4.78, 5) is 12.3. The number of amides is 1. The minimum atomic E-state index is -3.46. The van der Waals surface area contributed by atoms with Gasteiger partial charge in [-0.05, 0) is 37.5 Å². The molecular weight excluding hydrogens is 262 g/mol. The van der Waals surface area contributed by atoms with Gasteiger partial charge in [-0.15, -0.1) is 0 Å². The van der Waals surface area contributed by atoms with Gasteiger partial charge >= 0.3 is 0 Å². The summed E-state index contributed by atoms with van der Waals surface area (Å²) >= 11 is 0. The molecule has 5 heteroatoms. The van der Waals surface area contributed by atoms with Gasteiger partial charge in [0.2, 0.25) is 15.9 Å². The standard InChI is InChI=1S/C14H23NO3S/c1-11(2)14-10-12(14)8-6-4-3-5-7-9-19(17,18)15-13(14)16/h6,8,11-12H,3-5,7,9-10H2,1-2H3,(H,15,16)/b8-6-/t12?,14-/m1/s1. The molecular formula is C14H23NO3S. The van der Waals surface area contributed by atoms with Crippen LogP contribution in [0.25, 0.3) is 0 Å². The van der Waals surface area contributed by atoms with E-state index < -0.39 is 15.4 Å². The molecule has 1 aliphatic heterocycles. The van der Waals surface area contributed by atoms with Gasteiger partial charge < -0.3 is 0 Å². The topological polar surface area (TPSA) is 63.2 Å². The Balaban J connectivity index is 2.23. The van der Waals surface area contributed by atoms with Gasteiger partial charge in [0.25, 0.3) is 0 Å². The number of nitrogens with one attached hydrogen (secondary N) is 1. The second-order valence-corrected chi connectivity index (χ2v) is 7.88. The van der Waals surface area contributed by atoms with Crippen LogP contribution >= 0.6 is 0 Å². The molecule has 0 radical (unpaired) electrons. The van der Waals surface area contributed by atoms with Crippen molar-refractivity contribution in [3.8, 4) is 0 Å². The van der Waals surface area contributed by atoms with Crippen LogP contribution in [0.3, 0.4) is 0 Å². The maximum Gasteiger partial charge on any atom is 0.240 e. The lowest BCUT2D eigenvalue weighted by atomic mass is 9.89. The van der Waals surface area contributed by atoms with Crippen LogP contribution < -0.4 is 4.72 Å². The van der Waals surface area contributed by atoms with Gasteiger partial charge in [-0.1, -0.05) is 32.4 Å². The first-order chi connectivity index (χ1) is 8.88. The van der Waals surface area contributed by atoms with Crippen molar-refractivity contribution in [2.24, 2.45) is 17.3 Å². The van der Waals surface area contributed by atoms with Crippen LogP contribution in [-0.4, -0.2) is 20.1 Å². The number of allylic oxidation sites excluding steroid dienone is 2. The Morgan fingerprint density at radius 1 is 1.32 bits per heavy atom. The summed E-state index contributed by atoms with van der Waals surface area (Å²) in [6, 6.07) is 0. The Hall–Kier alpha value is -0.840. The third-order valence-corrected chi connectivity index (χ3v) is 5.74. The summed E-state index contributed by atoms with van der Waals surface area (Å²) in [6.07, 6.45) is 8.52. The summed E-state index contributed by atoms with van der Waals surface area (Å²) in [5.41, 5.74) is -0.511. The molecule has 1 unspecified atom stereocenters. The highest BCUT2D eigenvalue weighted by Crippen LogP contribution is 2.58. The van der Waals surface area contributed by atoms with Gasteiger partial charge in [-0.2, -0.15) is 0 Å². The number of fused-ring (bicyclic) bond motifs is 1. The fourth-order valence-electron chi connectivity index (χ4n) is 3.01. The second kappa shape index (κ2) is 5.27. The smallest absolute Gasteiger partial charge is 0.240 e. The SMILES string of the molecule is CC(C)[C@]12CC1/C=C\CCCCCS(=O)(=O)NC2=O. The van der Waals surface area contributed by atoms with Crippen LogP contribution in [0.5, 0.6) is 0 Å². The summed E-state index contributed by atoms with van der Waals surface area (Å²) in [5, 5.41) is 0. The van der Waals surface area contributed by atoms with E-state index in [4.69, 9.17) is 0 Å². The van der Waals surface area contributed by atoms with E-state index in [1.807, 2.05) is 13.8 Å². The zero-order valence-electron chi connectivity index (χ0n) is 11.7. The molecule has 1 N–H and O–H groups in total. The van der Waals surface area contributed by atoms with Crippen molar-refractivity contribution in [3.05, 3.63) is 12.2 Å². The van der Waals surface area contributed by atoms with E-state index in [1.165, 1.54) is 0 Å². The molecule has 1 fully saturated rings. The summed E-state index contributed by atoms with van der Waals surface area (Å²) in [5.74, 6) is 0.0986. The van der Waals surface area contributed by atoms with Crippen molar-refractivity contribution < 1.29 is 13.2 Å². The zero-order chi connectivity index (χ0) is 14.1.